The highest BCUT2D eigenvalue weighted by atomic mass is 16.2. The summed E-state index contributed by atoms with van der Waals surface area (Å²) in [5.41, 5.74) is 11.2. The number of rotatable bonds is 4. The Kier molecular flexibility index (Phi) is 5.72. The lowest BCUT2D eigenvalue weighted by molar-refractivity contribution is 0.101. The Labute approximate surface area is 183 Å². The number of hydrogen-bond donors (Lipinski definition) is 3. The fraction of sp³-hybridized carbons (Fsp3) is 0.480. The molecule has 4 N–H and O–H groups in total. The summed E-state index contributed by atoms with van der Waals surface area (Å²) in [7, 11) is 0. The van der Waals surface area contributed by atoms with E-state index in [0.717, 1.165) is 61.8 Å². The minimum atomic E-state index is -0.354. The first-order valence-electron chi connectivity index (χ1n) is 11.2. The molecule has 0 bridgehead atoms. The Balaban J connectivity index is 1.69. The summed E-state index contributed by atoms with van der Waals surface area (Å²) in [5.74, 6) is -0.222. The quantitative estimate of drug-likeness (QED) is 0.632. The molecular weight excluding hydrogens is 386 g/mol. The number of nitrogens with two attached hydrogens (primary N) is 1. The number of allylic oxidation sites excluding steroid dienone is 2. The molecule has 0 unspecified atom stereocenters. The van der Waals surface area contributed by atoms with Gasteiger partial charge in [-0.2, -0.15) is 5.26 Å². The maximum absolute atomic E-state index is 12.8. The van der Waals surface area contributed by atoms with Crippen molar-refractivity contribution < 1.29 is 4.79 Å². The van der Waals surface area contributed by atoms with Crippen LogP contribution in [0.15, 0.2) is 30.5 Å². The van der Waals surface area contributed by atoms with Crippen LogP contribution < -0.4 is 11.1 Å². The Morgan fingerprint density at radius 1 is 1.23 bits per heavy atom. The zero-order valence-corrected chi connectivity index (χ0v) is 18.4. The van der Waals surface area contributed by atoms with Gasteiger partial charge in [-0.1, -0.05) is 45.3 Å². The predicted octanol–water partition coefficient (Wildman–Crippen LogP) is 5.25. The van der Waals surface area contributed by atoms with Gasteiger partial charge in [0.2, 0.25) is 0 Å². The number of anilines is 1. The molecule has 1 fully saturated rings. The number of hydrogen-bond acceptors (Lipinski definition) is 4. The highest BCUT2D eigenvalue weighted by Gasteiger charge is 2.31. The molecule has 6 heteroatoms. The zero-order valence-electron chi connectivity index (χ0n) is 18.4. The average Bonchev–Trinajstić information content (AvgIpc) is 3.24. The van der Waals surface area contributed by atoms with Crippen molar-refractivity contribution in [2.75, 3.05) is 5.32 Å². The van der Waals surface area contributed by atoms with Crippen LogP contribution >= 0.6 is 0 Å². The van der Waals surface area contributed by atoms with Crippen molar-refractivity contribution in [3.8, 4) is 6.07 Å². The smallest absolute Gasteiger partial charge is 0.291 e. The first-order valence-corrected chi connectivity index (χ1v) is 11.2. The van der Waals surface area contributed by atoms with Crippen LogP contribution in [0.5, 0.6) is 0 Å². The van der Waals surface area contributed by atoms with E-state index in [1.54, 1.807) is 0 Å². The van der Waals surface area contributed by atoms with Crippen LogP contribution in [0.3, 0.4) is 0 Å². The van der Waals surface area contributed by atoms with Gasteiger partial charge in [-0.3, -0.25) is 4.79 Å². The number of carbonyl (C=O) groups excluding carboxylic acids is 1. The highest BCUT2D eigenvalue weighted by Crippen LogP contribution is 2.42. The van der Waals surface area contributed by atoms with E-state index in [9.17, 15) is 4.79 Å². The van der Waals surface area contributed by atoms with E-state index in [1.165, 1.54) is 18.2 Å². The molecule has 2 aliphatic rings. The standard InChI is InChI=1S/C25H31N5O/c1-24(2)12-8-17(9-13-24)20-14-18(25(27)10-4-3-5-11-25)6-7-21(20)30-23(31)22-28-16-19(15-26)29-22/h6-8,14,16H,3-5,9-13,27H2,1-2H3,(H,28,29)(H,30,31). The summed E-state index contributed by atoms with van der Waals surface area (Å²) in [6.07, 6.45) is 12.4. The number of carbonyl (C=O) groups is 1. The average molecular weight is 418 g/mol. The normalized spacial score (nSPS) is 19.9. The van der Waals surface area contributed by atoms with E-state index >= 15 is 0 Å². The monoisotopic (exact) mass is 417 g/mol. The van der Waals surface area contributed by atoms with Crippen molar-refractivity contribution in [2.45, 2.75) is 70.8 Å². The molecule has 31 heavy (non-hydrogen) atoms. The minimum Gasteiger partial charge on any atom is -0.339 e. The van der Waals surface area contributed by atoms with Crippen molar-refractivity contribution in [3.63, 3.8) is 0 Å². The molecule has 162 valence electrons. The van der Waals surface area contributed by atoms with Gasteiger partial charge in [-0.25, -0.2) is 4.98 Å². The molecular formula is C25H31N5O. The lowest BCUT2D eigenvalue weighted by Crippen LogP contribution is -2.38. The van der Waals surface area contributed by atoms with E-state index in [4.69, 9.17) is 11.0 Å². The summed E-state index contributed by atoms with van der Waals surface area (Å²) >= 11 is 0. The number of imidazole rings is 1. The second kappa shape index (κ2) is 8.32. The lowest BCUT2D eigenvalue weighted by Gasteiger charge is -2.35. The van der Waals surface area contributed by atoms with Gasteiger partial charge in [-0.15, -0.1) is 0 Å². The van der Waals surface area contributed by atoms with Gasteiger partial charge < -0.3 is 16.0 Å². The van der Waals surface area contributed by atoms with E-state index < -0.39 is 0 Å². The van der Waals surface area contributed by atoms with Crippen LogP contribution in [0.1, 0.15) is 92.7 Å². The molecule has 0 radical (unpaired) electrons. The third-order valence-corrected chi connectivity index (χ3v) is 6.81. The Bertz CT molecular complexity index is 1050. The third kappa shape index (κ3) is 4.57. The molecule has 2 aromatic rings. The maximum atomic E-state index is 12.8. The first-order chi connectivity index (χ1) is 14.8. The van der Waals surface area contributed by atoms with Crippen LogP contribution in [0.4, 0.5) is 5.69 Å². The number of nitrogens with zero attached hydrogens (tertiary/aromatic N) is 2. The van der Waals surface area contributed by atoms with Crippen LogP contribution in [0.25, 0.3) is 5.57 Å². The SMILES string of the molecule is CC1(C)CC=C(c2cc(C3(N)CCCCC3)ccc2NC(=O)c2nc(C#N)c[nH]2)CC1. The third-order valence-electron chi connectivity index (χ3n) is 6.81. The lowest BCUT2D eigenvalue weighted by atomic mass is 9.74. The topological polar surface area (TPSA) is 108 Å². The van der Waals surface area contributed by atoms with Gasteiger partial charge >= 0.3 is 0 Å². The van der Waals surface area contributed by atoms with Crippen molar-refractivity contribution in [1.82, 2.24) is 9.97 Å². The molecule has 1 heterocycles. The van der Waals surface area contributed by atoms with Gasteiger partial charge in [0.25, 0.3) is 5.91 Å². The summed E-state index contributed by atoms with van der Waals surface area (Å²) in [4.78, 5) is 19.6. The number of H-pyrrole nitrogens is 1. The number of nitriles is 1. The summed E-state index contributed by atoms with van der Waals surface area (Å²) in [6, 6.07) is 8.16. The van der Waals surface area contributed by atoms with Gasteiger partial charge in [0.05, 0.1) is 0 Å². The summed E-state index contributed by atoms with van der Waals surface area (Å²) < 4.78 is 0. The van der Waals surface area contributed by atoms with Crippen LogP contribution in [0, 0.1) is 16.7 Å². The maximum Gasteiger partial charge on any atom is 0.291 e. The zero-order chi connectivity index (χ0) is 22.1. The Morgan fingerprint density at radius 3 is 2.65 bits per heavy atom. The highest BCUT2D eigenvalue weighted by molar-refractivity contribution is 6.03. The fourth-order valence-corrected chi connectivity index (χ4v) is 4.70. The Morgan fingerprint density at radius 2 is 2.00 bits per heavy atom. The van der Waals surface area contributed by atoms with Crippen LogP contribution in [-0.4, -0.2) is 15.9 Å². The van der Waals surface area contributed by atoms with Crippen LogP contribution in [0.2, 0.25) is 0 Å². The minimum absolute atomic E-state index is 0.132. The van der Waals surface area contributed by atoms with Crippen molar-refractivity contribution >= 4 is 17.2 Å². The largest absolute Gasteiger partial charge is 0.339 e. The van der Waals surface area contributed by atoms with E-state index in [1.807, 2.05) is 12.1 Å². The number of amides is 1. The van der Waals surface area contributed by atoms with Gasteiger partial charge in [0, 0.05) is 23.0 Å². The molecule has 0 saturated heterocycles. The van der Waals surface area contributed by atoms with E-state index in [0.29, 0.717) is 5.41 Å². The molecule has 1 amide bonds. The van der Waals surface area contributed by atoms with E-state index in [-0.39, 0.29) is 23.0 Å². The molecule has 2 aliphatic carbocycles. The first kappa shape index (κ1) is 21.3. The molecule has 6 nitrogen and oxygen atoms in total. The van der Waals surface area contributed by atoms with Crippen LogP contribution in [-0.2, 0) is 5.54 Å². The second-order valence-electron chi connectivity index (χ2n) is 9.78. The number of nitrogens with one attached hydrogen (secondary N) is 2. The molecule has 0 spiro atoms. The number of aromatic nitrogens is 2. The predicted molar refractivity (Wildman–Crippen MR) is 122 cm³/mol. The van der Waals surface area contributed by atoms with Crippen molar-refractivity contribution in [2.24, 2.45) is 11.1 Å². The fourth-order valence-electron chi connectivity index (χ4n) is 4.70. The van der Waals surface area contributed by atoms with E-state index in [2.05, 4.69) is 47.3 Å². The van der Waals surface area contributed by atoms with Gasteiger partial charge in [0.15, 0.2) is 11.5 Å². The van der Waals surface area contributed by atoms with Gasteiger partial charge in [-0.05, 0) is 60.8 Å². The van der Waals surface area contributed by atoms with Crippen molar-refractivity contribution in [1.29, 1.82) is 5.26 Å². The summed E-state index contributed by atoms with van der Waals surface area (Å²) in [6.45, 7) is 4.58. The molecule has 1 aromatic carbocycles. The Hall–Kier alpha value is -2.91. The number of aromatic amines is 1. The number of benzene rings is 1. The second-order valence-corrected chi connectivity index (χ2v) is 9.78. The molecule has 0 aliphatic heterocycles. The molecule has 1 saturated carbocycles. The molecule has 0 atom stereocenters. The molecule has 1 aromatic heterocycles. The summed E-state index contributed by atoms with van der Waals surface area (Å²) in [5, 5.41) is 12.0. The molecule has 4 rings (SSSR count). The van der Waals surface area contributed by atoms with Gasteiger partial charge in [0.1, 0.15) is 6.07 Å². The van der Waals surface area contributed by atoms with Crippen molar-refractivity contribution in [3.05, 3.63) is 53.1 Å².